The zero-order chi connectivity index (χ0) is 14.0. The van der Waals surface area contributed by atoms with Crippen molar-refractivity contribution in [2.75, 3.05) is 13.6 Å². The summed E-state index contributed by atoms with van der Waals surface area (Å²) in [6.07, 6.45) is 3.02. The average molecular weight is 265 g/mol. The first-order chi connectivity index (χ1) is 9.02. The van der Waals surface area contributed by atoms with Crippen molar-refractivity contribution in [2.24, 2.45) is 11.7 Å². The Morgan fingerprint density at radius 1 is 1.53 bits per heavy atom. The van der Waals surface area contributed by atoms with Gasteiger partial charge in [-0.2, -0.15) is 0 Å². The van der Waals surface area contributed by atoms with Gasteiger partial charge in [-0.25, -0.2) is 0 Å². The van der Waals surface area contributed by atoms with E-state index in [4.69, 9.17) is 5.73 Å². The third-order valence-corrected chi connectivity index (χ3v) is 3.82. The Morgan fingerprint density at radius 3 is 2.89 bits per heavy atom. The van der Waals surface area contributed by atoms with Crippen molar-refractivity contribution >= 4 is 5.91 Å². The fourth-order valence-corrected chi connectivity index (χ4v) is 2.81. The lowest BCUT2D eigenvalue weighted by molar-refractivity contribution is 0.0699. The number of nitrogens with zero attached hydrogens (tertiary/aromatic N) is 1. The van der Waals surface area contributed by atoms with Gasteiger partial charge in [0.05, 0.1) is 5.56 Å². The lowest BCUT2D eigenvalue weighted by Crippen LogP contribution is -2.41. The van der Waals surface area contributed by atoms with Gasteiger partial charge in [0.2, 0.25) is 0 Å². The highest BCUT2D eigenvalue weighted by atomic mass is 16.3. The van der Waals surface area contributed by atoms with Gasteiger partial charge in [0.1, 0.15) is 0 Å². The first kappa shape index (κ1) is 13.6. The summed E-state index contributed by atoms with van der Waals surface area (Å²) < 4.78 is 0. The maximum Gasteiger partial charge on any atom is 0.254 e. The van der Waals surface area contributed by atoms with Crippen LogP contribution in [0.15, 0.2) is 16.9 Å². The van der Waals surface area contributed by atoms with Gasteiger partial charge in [0, 0.05) is 25.2 Å². The minimum atomic E-state index is -0.487. The quantitative estimate of drug-likeness (QED) is 0.731. The summed E-state index contributed by atoms with van der Waals surface area (Å²) in [5, 5.41) is 9.34. The van der Waals surface area contributed by atoms with Crippen LogP contribution in [0.25, 0.3) is 0 Å². The van der Waals surface area contributed by atoms with Gasteiger partial charge in [0.25, 0.3) is 11.5 Å². The second-order valence-corrected chi connectivity index (χ2v) is 5.03. The molecule has 1 heterocycles. The molecule has 1 saturated carbocycles. The summed E-state index contributed by atoms with van der Waals surface area (Å²) in [6.45, 7) is 0.558. The molecular weight excluding hydrogens is 246 g/mol. The number of H-pyrrole nitrogens is 1. The molecule has 0 spiro atoms. The first-order valence-corrected chi connectivity index (χ1v) is 6.43. The molecule has 6 heteroatoms. The number of aromatic amines is 1. The number of amides is 1. The molecular formula is C13H19N3O3. The smallest absolute Gasteiger partial charge is 0.254 e. The van der Waals surface area contributed by atoms with Crippen LogP contribution in [0.2, 0.25) is 0 Å². The van der Waals surface area contributed by atoms with E-state index < -0.39 is 5.56 Å². The lowest BCUT2D eigenvalue weighted by atomic mass is 10.0. The van der Waals surface area contributed by atoms with E-state index in [1.807, 2.05) is 0 Å². The van der Waals surface area contributed by atoms with E-state index in [0.717, 1.165) is 19.3 Å². The Balaban J connectivity index is 2.21. The van der Waals surface area contributed by atoms with Gasteiger partial charge in [-0.05, 0) is 25.3 Å². The number of hydrogen-bond donors (Lipinski definition) is 3. The van der Waals surface area contributed by atoms with Crippen molar-refractivity contribution in [3.05, 3.63) is 28.0 Å². The molecule has 0 aliphatic heterocycles. The van der Waals surface area contributed by atoms with Crippen LogP contribution in [0.4, 0.5) is 0 Å². The molecule has 4 N–H and O–H groups in total. The highest BCUT2D eigenvalue weighted by Crippen LogP contribution is 2.29. The normalized spacial score (nSPS) is 22.4. The van der Waals surface area contributed by atoms with Crippen molar-refractivity contribution in [1.29, 1.82) is 0 Å². The zero-order valence-electron chi connectivity index (χ0n) is 10.9. The van der Waals surface area contributed by atoms with Crippen LogP contribution in [0.3, 0.4) is 0 Å². The van der Waals surface area contributed by atoms with Gasteiger partial charge >= 0.3 is 0 Å². The fourth-order valence-electron chi connectivity index (χ4n) is 2.81. The van der Waals surface area contributed by atoms with Gasteiger partial charge in [-0.1, -0.05) is 6.42 Å². The highest BCUT2D eigenvalue weighted by molar-refractivity contribution is 5.94. The van der Waals surface area contributed by atoms with Crippen LogP contribution in [0.5, 0.6) is 5.88 Å². The largest absolute Gasteiger partial charge is 0.494 e. The van der Waals surface area contributed by atoms with Crippen LogP contribution < -0.4 is 11.3 Å². The van der Waals surface area contributed by atoms with E-state index in [1.165, 1.54) is 12.1 Å². The van der Waals surface area contributed by atoms with Crippen LogP contribution in [0.1, 0.15) is 29.6 Å². The Labute approximate surface area is 111 Å². The molecule has 1 aromatic rings. The second kappa shape index (κ2) is 5.44. The summed E-state index contributed by atoms with van der Waals surface area (Å²) in [4.78, 5) is 27.4. The third kappa shape index (κ3) is 2.78. The van der Waals surface area contributed by atoms with Crippen molar-refractivity contribution in [3.8, 4) is 5.88 Å². The number of nitrogens with one attached hydrogen (secondary N) is 1. The number of carbonyl (C=O) groups excluding carboxylic acids is 1. The van der Waals surface area contributed by atoms with Crippen LogP contribution in [-0.4, -0.2) is 40.5 Å². The lowest BCUT2D eigenvalue weighted by Gasteiger charge is -2.29. The maximum absolute atomic E-state index is 12.3. The van der Waals surface area contributed by atoms with Crippen molar-refractivity contribution in [3.63, 3.8) is 0 Å². The fraction of sp³-hybridized carbons (Fsp3) is 0.538. The van der Waals surface area contributed by atoms with E-state index in [0.29, 0.717) is 12.5 Å². The van der Waals surface area contributed by atoms with Crippen molar-refractivity contribution < 1.29 is 9.90 Å². The molecule has 1 fully saturated rings. The number of carbonyl (C=O) groups is 1. The van der Waals surface area contributed by atoms with Crippen molar-refractivity contribution in [1.82, 2.24) is 9.88 Å². The van der Waals surface area contributed by atoms with Gasteiger partial charge in [-0.3, -0.25) is 14.6 Å². The minimum absolute atomic E-state index is 0.110. The number of hydrogen-bond acceptors (Lipinski definition) is 4. The summed E-state index contributed by atoms with van der Waals surface area (Å²) in [5.74, 6) is -0.248. The molecule has 19 heavy (non-hydrogen) atoms. The molecule has 2 atom stereocenters. The number of rotatable bonds is 3. The molecule has 2 rings (SSSR count). The Hall–Kier alpha value is -1.82. The Bertz CT molecular complexity index is 526. The molecule has 0 radical (unpaired) electrons. The standard InChI is InChI=1S/C13H19N3O3/c1-16(10-4-2-3-8(10)7-14)13(19)9-5-11(17)15-12(18)6-9/h5-6,8,10H,2-4,7,14H2,1H3,(H2,15,17,18). The molecule has 1 aliphatic carbocycles. The van der Waals surface area contributed by atoms with Crippen LogP contribution >= 0.6 is 0 Å². The van der Waals surface area contributed by atoms with Gasteiger partial charge in [-0.15, -0.1) is 0 Å². The van der Waals surface area contributed by atoms with Gasteiger partial charge in [0.15, 0.2) is 5.88 Å². The summed E-state index contributed by atoms with van der Waals surface area (Å²) in [6, 6.07) is 2.58. The van der Waals surface area contributed by atoms with Crippen LogP contribution in [-0.2, 0) is 0 Å². The van der Waals surface area contributed by atoms with E-state index in [9.17, 15) is 14.7 Å². The summed E-state index contributed by atoms with van der Waals surface area (Å²) in [5.41, 5.74) is 5.43. The minimum Gasteiger partial charge on any atom is -0.494 e. The molecule has 1 aliphatic rings. The molecule has 2 unspecified atom stereocenters. The summed E-state index contributed by atoms with van der Waals surface area (Å²) >= 11 is 0. The molecule has 0 aromatic carbocycles. The van der Waals surface area contributed by atoms with Crippen molar-refractivity contribution in [2.45, 2.75) is 25.3 Å². The molecule has 104 valence electrons. The average Bonchev–Trinajstić information content (AvgIpc) is 2.84. The molecule has 1 amide bonds. The molecule has 6 nitrogen and oxygen atoms in total. The molecule has 0 saturated heterocycles. The van der Waals surface area contributed by atoms with E-state index in [1.54, 1.807) is 11.9 Å². The molecule has 0 bridgehead atoms. The molecule has 1 aromatic heterocycles. The zero-order valence-corrected chi connectivity index (χ0v) is 10.9. The Kier molecular flexibility index (Phi) is 3.90. The monoisotopic (exact) mass is 265 g/mol. The van der Waals surface area contributed by atoms with Crippen LogP contribution in [0, 0.1) is 5.92 Å². The SMILES string of the molecule is CN(C(=O)c1cc(O)[nH]c(=O)c1)C1CCCC1CN. The van der Waals surface area contributed by atoms with E-state index in [2.05, 4.69) is 4.98 Å². The van der Waals surface area contributed by atoms with Gasteiger partial charge < -0.3 is 15.7 Å². The predicted octanol–water partition coefficient (Wildman–Crippen LogP) is 0.280. The van der Waals surface area contributed by atoms with E-state index in [-0.39, 0.29) is 23.4 Å². The predicted molar refractivity (Wildman–Crippen MR) is 71.0 cm³/mol. The Morgan fingerprint density at radius 2 is 2.26 bits per heavy atom. The number of nitrogens with two attached hydrogens (primary N) is 1. The maximum atomic E-state index is 12.3. The van der Waals surface area contributed by atoms with E-state index >= 15 is 0 Å². The summed E-state index contributed by atoms with van der Waals surface area (Å²) in [7, 11) is 1.72. The second-order valence-electron chi connectivity index (χ2n) is 5.03. The first-order valence-electron chi connectivity index (χ1n) is 6.43. The number of aromatic nitrogens is 1. The number of pyridine rings is 1. The highest BCUT2D eigenvalue weighted by Gasteiger charge is 2.32. The third-order valence-electron chi connectivity index (χ3n) is 3.82. The number of aromatic hydroxyl groups is 1. The topological polar surface area (TPSA) is 99.4 Å².